The zero-order valence-electron chi connectivity index (χ0n) is 8.64. The minimum absolute atomic E-state index is 0.495. The highest BCUT2D eigenvalue weighted by molar-refractivity contribution is 5.51. The maximum absolute atomic E-state index is 10.7. The van der Waals surface area contributed by atoms with Crippen molar-refractivity contribution < 1.29 is 14.1 Å². The van der Waals surface area contributed by atoms with Crippen molar-refractivity contribution in [2.75, 3.05) is 6.61 Å². The lowest BCUT2D eigenvalue weighted by atomic mass is 10.2. The Morgan fingerprint density at radius 3 is 2.50 bits per heavy atom. The van der Waals surface area contributed by atoms with Gasteiger partial charge in [0.25, 0.3) is 0 Å². The zero-order chi connectivity index (χ0) is 10.4. The fourth-order valence-corrected chi connectivity index (χ4v) is 1.24. The van der Waals surface area contributed by atoms with Crippen LogP contribution < -0.4 is 4.57 Å². The molecule has 14 heavy (non-hydrogen) atoms. The van der Waals surface area contributed by atoms with E-state index in [2.05, 4.69) is 6.92 Å². The average molecular weight is 194 g/mol. The lowest BCUT2D eigenvalue weighted by Gasteiger charge is -2.05. The van der Waals surface area contributed by atoms with Crippen molar-refractivity contribution >= 4 is 6.29 Å². The first-order chi connectivity index (χ1) is 6.81. The normalized spacial score (nSPS) is 12.4. The molecule has 0 aromatic carbocycles. The fourth-order valence-electron chi connectivity index (χ4n) is 1.24. The predicted octanol–water partition coefficient (Wildman–Crippen LogP) is 1.27. The van der Waals surface area contributed by atoms with E-state index in [0.29, 0.717) is 6.61 Å². The fraction of sp³-hybridized carbons (Fsp3) is 0.455. The molecular weight excluding hydrogens is 178 g/mol. The van der Waals surface area contributed by atoms with Gasteiger partial charge >= 0.3 is 6.23 Å². The molecule has 1 unspecified atom stereocenters. The van der Waals surface area contributed by atoms with Crippen molar-refractivity contribution in [3.8, 4) is 0 Å². The third-order valence-corrected chi connectivity index (χ3v) is 2.08. The molecule has 0 aliphatic heterocycles. The molecule has 3 heteroatoms. The number of carbonyl (C=O) groups excluding carboxylic acids is 1. The standard InChI is InChI=1S/C11H16NO2/c1-3-10-5-7-12(8-6-10)11(9-13)14-4-2/h5-9,11H,3-4H2,1-2H3/q+1. The molecule has 1 rings (SSSR count). The van der Waals surface area contributed by atoms with Gasteiger partial charge in [-0.2, -0.15) is 4.57 Å². The van der Waals surface area contributed by atoms with Crippen molar-refractivity contribution in [1.29, 1.82) is 0 Å². The van der Waals surface area contributed by atoms with Crippen LogP contribution in [0.1, 0.15) is 25.6 Å². The molecule has 1 aromatic heterocycles. The third-order valence-electron chi connectivity index (χ3n) is 2.08. The second kappa shape index (κ2) is 5.50. The van der Waals surface area contributed by atoms with E-state index in [-0.39, 0.29) is 0 Å². The summed E-state index contributed by atoms with van der Waals surface area (Å²) in [6.07, 6.45) is 5.04. The Bertz CT molecular complexity index is 282. The summed E-state index contributed by atoms with van der Waals surface area (Å²) >= 11 is 0. The van der Waals surface area contributed by atoms with E-state index in [1.165, 1.54) is 5.56 Å². The van der Waals surface area contributed by atoms with E-state index in [1.807, 2.05) is 31.5 Å². The smallest absolute Gasteiger partial charge is 0.315 e. The first-order valence-corrected chi connectivity index (χ1v) is 4.88. The van der Waals surface area contributed by atoms with Crippen LogP contribution in [0.4, 0.5) is 0 Å². The summed E-state index contributed by atoms with van der Waals surface area (Å²) in [5.41, 5.74) is 1.25. The van der Waals surface area contributed by atoms with Crippen molar-refractivity contribution in [1.82, 2.24) is 0 Å². The quantitative estimate of drug-likeness (QED) is 0.522. The van der Waals surface area contributed by atoms with Gasteiger partial charge in [0, 0.05) is 12.1 Å². The average Bonchev–Trinajstić information content (AvgIpc) is 2.26. The zero-order valence-corrected chi connectivity index (χ0v) is 8.64. The van der Waals surface area contributed by atoms with Crippen LogP contribution in [-0.4, -0.2) is 12.9 Å². The molecule has 0 fully saturated rings. The number of carbonyl (C=O) groups is 1. The van der Waals surface area contributed by atoms with Gasteiger partial charge in [0.1, 0.15) is 0 Å². The second-order valence-corrected chi connectivity index (χ2v) is 2.99. The minimum Gasteiger partial charge on any atom is -0.315 e. The van der Waals surface area contributed by atoms with Crippen molar-refractivity contribution in [3.05, 3.63) is 30.1 Å². The molecule has 0 radical (unpaired) electrons. The maximum atomic E-state index is 10.7. The van der Waals surface area contributed by atoms with Gasteiger partial charge in [0.05, 0.1) is 6.61 Å². The molecular formula is C11H16NO2+. The summed E-state index contributed by atoms with van der Waals surface area (Å²) in [6, 6.07) is 3.99. The SMILES string of the molecule is CCOC(C=O)[n+]1ccc(CC)cc1. The van der Waals surface area contributed by atoms with Gasteiger partial charge in [-0.1, -0.05) is 6.92 Å². The first kappa shape index (κ1) is 10.9. The Kier molecular flexibility index (Phi) is 4.26. The van der Waals surface area contributed by atoms with Crippen molar-refractivity contribution in [2.24, 2.45) is 0 Å². The molecule has 0 saturated heterocycles. The monoisotopic (exact) mass is 194 g/mol. The van der Waals surface area contributed by atoms with Crippen LogP contribution in [-0.2, 0) is 16.0 Å². The molecule has 76 valence electrons. The van der Waals surface area contributed by atoms with E-state index in [0.717, 1.165) is 12.7 Å². The number of aromatic nitrogens is 1. The summed E-state index contributed by atoms with van der Waals surface area (Å²) in [5, 5.41) is 0. The minimum atomic E-state index is -0.495. The Labute approximate surface area is 84.3 Å². The molecule has 0 saturated carbocycles. The first-order valence-electron chi connectivity index (χ1n) is 4.88. The van der Waals surface area contributed by atoms with E-state index < -0.39 is 6.23 Å². The Balaban J connectivity index is 2.78. The number of rotatable bonds is 5. The van der Waals surface area contributed by atoms with Gasteiger partial charge in [-0.05, 0) is 18.9 Å². The molecule has 0 aliphatic carbocycles. The molecule has 0 N–H and O–H groups in total. The van der Waals surface area contributed by atoms with Crippen LogP contribution in [0.3, 0.4) is 0 Å². The molecule has 0 bridgehead atoms. The lowest BCUT2D eigenvalue weighted by Crippen LogP contribution is -2.41. The number of aldehydes is 1. The molecule has 0 spiro atoms. The Morgan fingerprint density at radius 1 is 1.43 bits per heavy atom. The summed E-state index contributed by atoms with van der Waals surface area (Å²) in [4.78, 5) is 10.7. The van der Waals surface area contributed by atoms with Crippen LogP contribution in [0.2, 0.25) is 0 Å². The predicted molar refractivity (Wildman–Crippen MR) is 52.7 cm³/mol. The number of pyridine rings is 1. The van der Waals surface area contributed by atoms with Crippen molar-refractivity contribution in [2.45, 2.75) is 26.5 Å². The number of aryl methyl sites for hydroxylation is 1. The van der Waals surface area contributed by atoms with Crippen molar-refractivity contribution in [3.63, 3.8) is 0 Å². The molecule has 3 nitrogen and oxygen atoms in total. The van der Waals surface area contributed by atoms with E-state index in [4.69, 9.17) is 4.74 Å². The van der Waals surface area contributed by atoms with E-state index in [9.17, 15) is 4.79 Å². The molecule has 1 heterocycles. The van der Waals surface area contributed by atoms with Gasteiger partial charge in [0.2, 0.25) is 6.29 Å². The highest BCUT2D eigenvalue weighted by Gasteiger charge is 2.15. The third kappa shape index (κ3) is 2.64. The summed E-state index contributed by atoms with van der Waals surface area (Å²) in [7, 11) is 0. The maximum Gasteiger partial charge on any atom is 0.320 e. The lowest BCUT2D eigenvalue weighted by molar-refractivity contribution is -0.744. The van der Waals surface area contributed by atoms with Crippen LogP contribution in [0, 0.1) is 0 Å². The van der Waals surface area contributed by atoms with Crippen LogP contribution in [0.25, 0.3) is 0 Å². The van der Waals surface area contributed by atoms with Gasteiger partial charge < -0.3 is 4.74 Å². The number of nitrogens with zero attached hydrogens (tertiary/aromatic N) is 1. The molecule has 0 aliphatic rings. The van der Waals surface area contributed by atoms with Crippen LogP contribution in [0.5, 0.6) is 0 Å². The highest BCUT2D eigenvalue weighted by Crippen LogP contribution is 1.99. The highest BCUT2D eigenvalue weighted by atomic mass is 16.5. The Hall–Kier alpha value is -1.22. The molecule has 1 atom stereocenters. The topological polar surface area (TPSA) is 30.2 Å². The number of hydrogen-bond donors (Lipinski definition) is 0. The second-order valence-electron chi connectivity index (χ2n) is 2.99. The molecule has 0 amide bonds. The Morgan fingerprint density at radius 2 is 2.07 bits per heavy atom. The van der Waals surface area contributed by atoms with E-state index in [1.54, 1.807) is 4.57 Å². The van der Waals surface area contributed by atoms with Gasteiger partial charge in [-0.3, -0.25) is 4.79 Å². The summed E-state index contributed by atoms with van der Waals surface area (Å²) in [5.74, 6) is 0. The largest absolute Gasteiger partial charge is 0.320 e. The summed E-state index contributed by atoms with van der Waals surface area (Å²) in [6.45, 7) is 4.50. The number of hydrogen-bond acceptors (Lipinski definition) is 2. The van der Waals surface area contributed by atoms with Gasteiger partial charge in [-0.25, -0.2) is 0 Å². The summed E-state index contributed by atoms with van der Waals surface area (Å²) < 4.78 is 7.01. The van der Waals surface area contributed by atoms with E-state index >= 15 is 0 Å². The molecule has 1 aromatic rings. The van der Waals surface area contributed by atoms with Crippen LogP contribution >= 0.6 is 0 Å². The van der Waals surface area contributed by atoms with Gasteiger partial charge in [-0.15, -0.1) is 0 Å². The number of ether oxygens (including phenoxy) is 1. The van der Waals surface area contributed by atoms with Crippen LogP contribution in [0.15, 0.2) is 24.5 Å². The van der Waals surface area contributed by atoms with Gasteiger partial charge in [0.15, 0.2) is 12.4 Å².